The van der Waals surface area contributed by atoms with Gasteiger partial charge in [-0.25, -0.2) is 0 Å². The van der Waals surface area contributed by atoms with Crippen LogP contribution >= 0.6 is 11.8 Å². The van der Waals surface area contributed by atoms with Crippen LogP contribution in [-0.2, 0) is 10.5 Å². The van der Waals surface area contributed by atoms with Crippen LogP contribution in [0.4, 0.5) is 5.69 Å². The minimum atomic E-state index is -0.578. The molecule has 2 aromatic rings. The van der Waals surface area contributed by atoms with Crippen LogP contribution < -0.4 is 11.1 Å². The lowest BCUT2D eigenvalue weighted by Gasteiger charge is -2.08. The second kappa shape index (κ2) is 8.01. The van der Waals surface area contributed by atoms with Crippen LogP contribution in [0.15, 0.2) is 48.5 Å². The van der Waals surface area contributed by atoms with Crippen molar-refractivity contribution in [1.82, 2.24) is 0 Å². The summed E-state index contributed by atoms with van der Waals surface area (Å²) >= 11 is 1.45. The highest BCUT2D eigenvalue weighted by Crippen LogP contribution is 2.16. The van der Waals surface area contributed by atoms with Crippen LogP contribution in [0.2, 0.25) is 0 Å². The molecule has 6 heteroatoms. The number of thioether (sulfide) groups is 1. The fraction of sp³-hybridized carbons (Fsp3) is 0.118. The highest BCUT2D eigenvalue weighted by atomic mass is 32.2. The molecule has 0 radical (unpaired) electrons. The fourth-order valence-electron chi connectivity index (χ4n) is 1.93. The maximum atomic E-state index is 12.0. The normalized spacial score (nSPS) is 9.87. The minimum absolute atomic E-state index is 0.197. The molecular weight excluding hydrogens is 310 g/mol. The average Bonchev–Trinajstić information content (AvgIpc) is 2.56. The topological polar surface area (TPSA) is 96.0 Å². The van der Waals surface area contributed by atoms with E-state index in [0.29, 0.717) is 17.0 Å². The molecule has 0 aromatic heterocycles. The van der Waals surface area contributed by atoms with Gasteiger partial charge < -0.3 is 11.1 Å². The number of hydrogen-bond acceptors (Lipinski definition) is 4. The average molecular weight is 325 g/mol. The maximum Gasteiger partial charge on any atom is 0.250 e. The van der Waals surface area contributed by atoms with Gasteiger partial charge in [-0.2, -0.15) is 5.26 Å². The largest absolute Gasteiger partial charge is 0.366 e. The first-order valence-electron chi connectivity index (χ1n) is 6.85. The number of nitriles is 1. The molecular formula is C17H15N3O2S. The van der Waals surface area contributed by atoms with E-state index in [1.54, 1.807) is 36.4 Å². The van der Waals surface area contributed by atoms with Gasteiger partial charge in [0.15, 0.2) is 0 Å². The summed E-state index contributed by atoms with van der Waals surface area (Å²) in [6.45, 7) is 0. The van der Waals surface area contributed by atoms with Crippen LogP contribution in [-0.4, -0.2) is 17.6 Å². The number of nitrogens with zero attached hydrogens (tertiary/aromatic N) is 1. The monoisotopic (exact) mass is 325 g/mol. The van der Waals surface area contributed by atoms with Crippen molar-refractivity contribution in [2.45, 2.75) is 5.75 Å². The molecule has 0 aliphatic rings. The first-order valence-corrected chi connectivity index (χ1v) is 8.01. The summed E-state index contributed by atoms with van der Waals surface area (Å²) in [5.74, 6) is 0.146. The first kappa shape index (κ1) is 16.6. The maximum absolute atomic E-state index is 12.0. The van der Waals surface area contributed by atoms with Crippen molar-refractivity contribution in [3.63, 3.8) is 0 Å². The predicted octanol–water partition coefficient (Wildman–Crippen LogP) is 2.53. The molecule has 0 saturated carbocycles. The Labute approximate surface area is 138 Å². The van der Waals surface area contributed by atoms with E-state index in [4.69, 9.17) is 11.0 Å². The van der Waals surface area contributed by atoms with Crippen molar-refractivity contribution in [2.75, 3.05) is 11.1 Å². The van der Waals surface area contributed by atoms with E-state index < -0.39 is 5.91 Å². The molecule has 0 spiro atoms. The molecule has 0 aliphatic carbocycles. The fourth-order valence-corrected chi connectivity index (χ4v) is 2.72. The second-order valence-corrected chi connectivity index (χ2v) is 5.75. The molecule has 23 heavy (non-hydrogen) atoms. The van der Waals surface area contributed by atoms with Crippen molar-refractivity contribution >= 4 is 29.3 Å². The van der Waals surface area contributed by atoms with Gasteiger partial charge in [-0.05, 0) is 29.8 Å². The predicted molar refractivity (Wildman–Crippen MR) is 90.9 cm³/mol. The number of amides is 2. The van der Waals surface area contributed by atoms with Gasteiger partial charge in [-0.1, -0.05) is 24.3 Å². The van der Waals surface area contributed by atoms with Crippen molar-refractivity contribution in [3.05, 3.63) is 65.2 Å². The standard InChI is InChI=1S/C17H15N3O2S/c18-9-12-5-7-13(8-6-12)10-23-11-16(21)20-15-4-2-1-3-14(15)17(19)22/h1-8H,10-11H2,(H2,19,22)(H,20,21). The molecule has 5 nitrogen and oxygen atoms in total. The first-order chi connectivity index (χ1) is 11.1. The van der Waals surface area contributed by atoms with Crippen molar-refractivity contribution < 1.29 is 9.59 Å². The third kappa shape index (κ3) is 4.87. The SMILES string of the molecule is N#Cc1ccc(CSCC(=O)Nc2ccccc2C(N)=O)cc1. The lowest BCUT2D eigenvalue weighted by Crippen LogP contribution is -2.19. The van der Waals surface area contributed by atoms with Gasteiger partial charge in [0.25, 0.3) is 5.91 Å². The number of primary amides is 1. The number of benzene rings is 2. The third-order valence-corrected chi connectivity index (χ3v) is 4.06. The summed E-state index contributed by atoms with van der Waals surface area (Å²) in [6, 6.07) is 15.9. The molecule has 116 valence electrons. The molecule has 2 amide bonds. The van der Waals surface area contributed by atoms with Gasteiger partial charge in [-0.15, -0.1) is 11.8 Å². The zero-order valence-electron chi connectivity index (χ0n) is 12.3. The van der Waals surface area contributed by atoms with E-state index in [-0.39, 0.29) is 17.2 Å². The number of anilines is 1. The molecule has 0 aliphatic heterocycles. The number of hydrogen-bond donors (Lipinski definition) is 2. The highest BCUT2D eigenvalue weighted by molar-refractivity contribution is 7.99. The Morgan fingerprint density at radius 2 is 1.83 bits per heavy atom. The number of rotatable bonds is 6. The van der Waals surface area contributed by atoms with Gasteiger partial charge in [0.1, 0.15) is 0 Å². The molecule has 0 heterocycles. The van der Waals surface area contributed by atoms with E-state index >= 15 is 0 Å². The van der Waals surface area contributed by atoms with Crippen LogP contribution in [0.5, 0.6) is 0 Å². The Morgan fingerprint density at radius 1 is 1.13 bits per heavy atom. The summed E-state index contributed by atoms with van der Waals surface area (Å²) in [7, 11) is 0. The number of para-hydroxylation sites is 1. The molecule has 0 fully saturated rings. The van der Waals surface area contributed by atoms with Crippen molar-refractivity contribution in [1.29, 1.82) is 5.26 Å². The Balaban J connectivity index is 1.86. The van der Waals surface area contributed by atoms with Gasteiger partial charge in [-0.3, -0.25) is 9.59 Å². The third-order valence-electron chi connectivity index (χ3n) is 3.05. The second-order valence-electron chi connectivity index (χ2n) is 4.76. The van der Waals surface area contributed by atoms with E-state index in [1.807, 2.05) is 12.1 Å². The van der Waals surface area contributed by atoms with Crippen molar-refractivity contribution in [3.8, 4) is 6.07 Å². The summed E-state index contributed by atoms with van der Waals surface area (Å²) < 4.78 is 0. The van der Waals surface area contributed by atoms with E-state index in [9.17, 15) is 9.59 Å². The van der Waals surface area contributed by atoms with Crippen molar-refractivity contribution in [2.24, 2.45) is 5.73 Å². The van der Waals surface area contributed by atoms with Crippen LogP contribution in [0.1, 0.15) is 21.5 Å². The smallest absolute Gasteiger partial charge is 0.250 e. The molecule has 0 bridgehead atoms. The zero-order valence-corrected chi connectivity index (χ0v) is 13.1. The summed E-state index contributed by atoms with van der Waals surface area (Å²) in [6.07, 6.45) is 0. The lowest BCUT2D eigenvalue weighted by molar-refractivity contribution is -0.113. The Bertz CT molecular complexity index is 751. The van der Waals surface area contributed by atoms with Crippen LogP contribution in [0.3, 0.4) is 0 Å². The van der Waals surface area contributed by atoms with E-state index in [2.05, 4.69) is 11.4 Å². The lowest BCUT2D eigenvalue weighted by atomic mass is 10.1. The Morgan fingerprint density at radius 3 is 2.48 bits per heavy atom. The zero-order chi connectivity index (χ0) is 16.7. The Kier molecular flexibility index (Phi) is 5.78. The quantitative estimate of drug-likeness (QED) is 0.853. The van der Waals surface area contributed by atoms with Crippen LogP contribution in [0, 0.1) is 11.3 Å². The number of carbonyl (C=O) groups is 2. The molecule has 0 saturated heterocycles. The number of nitrogens with two attached hydrogens (primary N) is 1. The van der Waals surface area contributed by atoms with E-state index in [0.717, 1.165) is 5.56 Å². The van der Waals surface area contributed by atoms with Gasteiger partial charge >= 0.3 is 0 Å². The van der Waals surface area contributed by atoms with E-state index in [1.165, 1.54) is 11.8 Å². The number of carbonyl (C=O) groups excluding carboxylic acids is 2. The van der Waals surface area contributed by atoms with Gasteiger partial charge in [0.05, 0.1) is 28.6 Å². The molecule has 2 aromatic carbocycles. The van der Waals surface area contributed by atoms with Gasteiger partial charge in [0, 0.05) is 5.75 Å². The van der Waals surface area contributed by atoms with Gasteiger partial charge in [0.2, 0.25) is 5.91 Å². The molecule has 3 N–H and O–H groups in total. The molecule has 2 rings (SSSR count). The van der Waals surface area contributed by atoms with Crippen LogP contribution in [0.25, 0.3) is 0 Å². The molecule has 0 unspecified atom stereocenters. The highest BCUT2D eigenvalue weighted by Gasteiger charge is 2.10. The Hall–Kier alpha value is -2.78. The number of nitrogens with one attached hydrogen (secondary N) is 1. The summed E-state index contributed by atoms with van der Waals surface area (Å²) in [5.41, 5.74) is 7.63. The summed E-state index contributed by atoms with van der Waals surface area (Å²) in [5, 5.41) is 11.4. The molecule has 0 atom stereocenters. The minimum Gasteiger partial charge on any atom is -0.366 e. The summed E-state index contributed by atoms with van der Waals surface area (Å²) in [4.78, 5) is 23.2.